The maximum absolute atomic E-state index is 13.3. The Bertz CT molecular complexity index is 1150. The number of benzene rings is 1. The molecule has 1 unspecified atom stereocenters. The molecule has 0 aliphatic heterocycles. The molecule has 1 amide bonds. The minimum atomic E-state index is -4.56. The minimum Gasteiger partial charge on any atom is -0.359 e. The molecule has 11 heteroatoms. The van der Waals surface area contributed by atoms with E-state index in [9.17, 15) is 18.0 Å². The first-order valence-electron chi connectivity index (χ1n) is 10.0. The van der Waals surface area contributed by atoms with Crippen molar-refractivity contribution >= 4 is 34.1 Å². The molecule has 3 aromatic rings. The zero-order valence-electron chi connectivity index (χ0n) is 16.9. The Hall–Kier alpha value is -3.14. The molecule has 2 N–H and O–H groups in total. The number of carbonyl (C=O) groups is 1. The number of pyridine rings is 1. The molecular formula is C21H20ClF3N6O. The van der Waals surface area contributed by atoms with E-state index < -0.39 is 11.9 Å². The van der Waals surface area contributed by atoms with E-state index in [0.717, 1.165) is 11.8 Å². The normalized spacial score (nSPS) is 16.6. The SMILES string of the molecule is O=C(CCn1cncn1)NC1CC=C(Nc2cc(C(F)(F)F)nc3ccc(Cl)cc23)CC1. The van der Waals surface area contributed by atoms with Gasteiger partial charge in [-0.1, -0.05) is 17.7 Å². The van der Waals surface area contributed by atoms with Crippen LogP contribution >= 0.6 is 11.6 Å². The topological polar surface area (TPSA) is 84.7 Å². The first-order chi connectivity index (χ1) is 15.3. The number of rotatable bonds is 6. The molecule has 0 bridgehead atoms. The van der Waals surface area contributed by atoms with Crippen LogP contribution in [-0.2, 0) is 17.5 Å². The lowest BCUT2D eigenvalue weighted by molar-refractivity contribution is -0.140. The highest BCUT2D eigenvalue weighted by Crippen LogP contribution is 2.35. The van der Waals surface area contributed by atoms with E-state index in [1.807, 2.05) is 6.08 Å². The number of aryl methyl sites for hydroxylation is 1. The van der Waals surface area contributed by atoms with Gasteiger partial charge in [-0.25, -0.2) is 9.97 Å². The number of carbonyl (C=O) groups excluding carboxylic acids is 1. The summed E-state index contributed by atoms with van der Waals surface area (Å²) >= 11 is 6.05. The Morgan fingerprint density at radius 1 is 1.28 bits per heavy atom. The third kappa shape index (κ3) is 5.37. The second-order valence-electron chi connectivity index (χ2n) is 7.52. The number of nitrogens with zero attached hydrogens (tertiary/aromatic N) is 4. The number of anilines is 1. The number of amides is 1. The molecule has 1 aliphatic rings. The lowest BCUT2D eigenvalue weighted by Gasteiger charge is -2.24. The number of fused-ring (bicyclic) bond motifs is 1. The van der Waals surface area contributed by atoms with Crippen LogP contribution in [0.15, 0.2) is 48.7 Å². The van der Waals surface area contributed by atoms with Crippen LogP contribution in [-0.4, -0.2) is 31.7 Å². The fourth-order valence-electron chi connectivity index (χ4n) is 3.56. The predicted molar refractivity (Wildman–Crippen MR) is 114 cm³/mol. The van der Waals surface area contributed by atoms with Gasteiger partial charge in [0, 0.05) is 34.3 Å². The summed E-state index contributed by atoms with van der Waals surface area (Å²) in [4.78, 5) is 19.7. The van der Waals surface area contributed by atoms with Gasteiger partial charge in [-0.2, -0.15) is 18.3 Å². The van der Waals surface area contributed by atoms with Crippen molar-refractivity contribution in [2.75, 3.05) is 5.32 Å². The minimum absolute atomic E-state index is 0.0295. The van der Waals surface area contributed by atoms with E-state index in [-0.39, 0.29) is 17.5 Å². The Morgan fingerprint density at radius 3 is 2.81 bits per heavy atom. The summed E-state index contributed by atoms with van der Waals surface area (Å²) in [6.45, 7) is 0.445. The molecule has 1 atom stereocenters. The first kappa shape index (κ1) is 22.1. The second-order valence-corrected chi connectivity index (χ2v) is 7.95. The van der Waals surface area contributed by atoms with E-state index in [1.54, 1.807) is 17.1 Å². The van der Waals surface area contributed by atoms with Crippen molar-refractivity contribution in [3.8, 4) is 0 Å². The molecular weight excluding hydrogens is 445 g/mol. The van der Waals surface area contributed by atoms with Crippen molar-refractivity contribution in [3.05, 3.63) is 59.4 Å². The Morgan fingerprint density at radius 2 is 2.12 bits per heavy atom. The van der Waals surface area contributed by atoms with Gasteiger partial charge < -0.3 is 10.6 Å². The zero-order chi connectivity index (χ0) is 22.7. The summed E-state index contributed by atoms with van der Waals surface area (Å²) in [6, 6.07) is 5.54. The second kappa shape index (κ2) is 9.15. The standard InChI is InChI=1S/C21H20ClF3N6O/c22-13-1-6-17-16(9-13)18(10-19(30-17)21(23,24)25)28-14-2-4-15(5-3-14)29-20(32)7-8-31-12-26-11-27-31/h1-2,6,9-12,15H,3-5,7-8H2,(H,28,30)(H,29,32). The van der Waals surface area contributed by atoms with Gasteiger partial charge in [-0.3, -0.25) is 9.48 Å². The van der Waals surface area contributed by atoms with Gasteiger partial charge in [0.25, 0.3) is 0 Å². The quantitative estimate of drug-likeness (QED) is 0.559. The molecule has 1 aliphatic carbocycles. The Labute approximate surface area is 186 Å². The molecule has 1 aromatic carbocycles. The van der Waals surface area contributed by atoms with Crippen molar-refractivity contribution in [2.45, 2.75) is 44.4 Å². The van der Waals surface area contributed by atoms with Crippen LogP contribution < -0.4 is 10.6 Å². The summed E-state index contributed by atoms with van der Waals surface area (Å²) in [5.41, 5.74) is 0.328. The van der Waals surface area contributed by atoms with Crippen LogP contribution in [0.5, 0.6) is 0 Å². The van der Waals surface area contributed by atoms with E-state index in [1.165, 1.54) is 18.5 Å². The maximum atomic E-state index is 13.3. The summed E-state index contributed by atoms with van der Waals surface area (Å²) in [6.07, 6.45) is 2.42. The van der Waals surface area contributed by atoms with E-state index in [4.69, 9.17) is 11.6 Å². The molecule has 2 heterocycles. The van der Waals surface area contributed by atoms with Crippen LogP contribution in [0, 0.1) is 0 Å². The highest BCUT2D eigenvalue weighted by molar-refractivity contribution is 6.31. The van der Waals surface area contributed by atoms with Crippen LogP contribution in [0.2, 0.25) is 5.02 Å². The number of hydrogen-bond donors (Lipinski definition) is 2. The highest BCUT2D eigenvalue weighted by atomic mass is 35.5. The fourth-order valence-corrected chi connectivity index (χ4v) is 3.73. The third-order valence-electron chi connectivity index (χ3n) is 5.17. The summed E-state index contributed by atoms with van der Waals surface area (Å²) in [7, 11) is 0. The van der Waals surface area contributed by atoms with Crippen molar-refractivity contribution in [1.29, 1.82) is 0 Å². The molecule has 0 saturated heterocycles. The molecule has 0 radical (unpaired) electrons. The summed E-state index contributed by atoms with van der Waals surface area (Å²) < 4.78 is 41.5. The highest BCUT2D eigenvalue weighted by Gasteiger charge is 2.33. The molecule has 0 fully saturated rings. The van der Waals surface area contributed by atoms with Crippen molar-refractivity contribution in [3.63, 3.8) is 0 Å². The van der Waals surface area contributed by atoms with Gasteiger partial charge in [0.05, 0.1) is 12.1 Å². The monoisotopic (exact) mass is 464 g/mol. The predicted octanol–water partition coefficient (Wildman–Crippen LogP) is 4.55. The Balaban J connectivity index is 1.43. The molecule has 0 saturated carbocycles. The van der Waals surface area contributed by atoms with Crippen LogP contribution in [0.25, 0.3) is 10.9 Å². The fraction of sp³-hybridized carbons (Fsp3) is 0.333. The number of aromatic nitrogens is 4. The zero-order valence-corrected chi connectivity index (χ0v) is 17.6. The van der Waals surface area contributed by atoms with E-state index in [2.05, 4.69) is 25.7 Å². The number of allylic oxidation sites excluding steroid dienone is 1. The van der Waals surface area contributed by atoms with Crippen LogP contribution in [0.3, 0.4) is 0 Å². The molecule has 168 valence electrons. The molecule has 4 rings (SSSR count). The average molecular weight is 465 g/mol. The molecule has 2 aromatic heterocycles. The van der Waals surface area contributed by atoms with E-state index in [0.29, 0.717) is 48.3 Å². The maximum Gasteiger partial charge on any atom is 0.433 e. The third-order valence-corrected chi connectivity index (χ3v) is 5.40. The number of hydrogen-bond acceptors (Lipinski definition) is 5. The molecule has 32 heavy (non-hydrogen) atoms. The van der Waals surface area contributed by atoms with E-state index >= 15 is 0 Å². The lowest BCUT2D eigenvalue weighted by Crippen LogP contribution is -2.36. The van der Waals surface area contributed by atoms with Gasteiger partial charge >= 0.3 is 6.18 Å². The lowest BCUT2D eigenvalue weighted by atomic mass is 9.98. The van der Waals surface area contributed by atoms with Gasteiger partial charge in [-0.05, 0) is 43.5 Å². The molecule has 0 spiro atoms. The van der Waals surface area contributed by atoms with Gasteiger partial charge in [-0.15, -0.1) is 0 Å². The first-order valence-corrected chi connectivity index (χ1v) is 10.4. The molecule has 7 nitrogen and oxygen atoms in total. The number of alkyl halides is 3. The Kier molecular flexibility index (Phi) is 6.31. The number of halogens is 4. The van der Waals surface area contributed by atoms with Crippen molar-refractivity contribution < 1.29 is 18.0 Å². The van der Waals surface area contributed by atoms with Crippen molar-refractivity contribution in [1.82, 2.24) is 25.1 Å². The van der Waals surface area contributed by atoms with Crippen LogP contribution in [0.4, 0.5) is 18.9 Å². The van der Waals surface area contributed by atoms with Crippen molar-refractivity contribution in [2.24, 2.45) is 0 Å². The summed E-state index contributed by atoms with van der Waals surface area (Å²) in [5.74, 6) is -0.0834. The smallest absolute Gasteiger partial charge is 0.359 e. The van der Waals surface area contributed by atoms with Crippen LogP contribution in [0.1, 0.15) is 31.4 Å². The number of nitrogens with one attached hydrogen (secondary N) is 2. The van der Waals surface area contributed by atoms with Gasteiger partial charge in [0.2, 0.25) is 5.91 Å². The summed E-state index contributed by atoms with van der Waals surface area (Å²) in [5, 5.41) is 11.0. The average Bonchev–Trinajstić information content (AvgIpc) is 3.27. The largest absolute Gasteiger partial charge is 0.433 e. The van der Waals surface area contributed by atoms with Gasteiger partial charge in [0.15, 0.2) is 0 Å². The van der Waals surface area contributed by atoms with Gasteiger partial charge in [0.1, 0.15) is 18.3 Å².